The van der Waals surface area contributed by atoms with E-state index >= 15 is 0 Å². The lowest BCUT2D eigenvalue weighted by atomic mass is 9.67. The van der Waals surface area contributed by atoms with E-state index in [0.717, 1.165) is 5.56 Å². The van der Waals surface area contributed by atoms with Gasteiger partial charge in [0.25, 0.3) is 0 Å². The number of β-lactam (4-membered cyclic amide) rings is 1. The van der Waals surface area contributed by atoms with Crippen molar-refractivity contribution in [2.45, 2.75) is 6.04 Å². The zero-order chi connectivity index (χ0) is 18.9. The molecular weight excluding hydrogens is 357 g/mol. The molecule has 0 saturated carbocycles. The first-order chi connectivity index (χ1) is 12.4. The Bertz CT molecular complexity index is 874. The Balaban J connectivity index is 2.09. The van der Waals surface area contributed by atoms with E-state index in [4.69, 9.17) is 16.3 Å². The molecule has 0 unspecified atom stereocenters. The van der Waals surface area contributed by atoms with E-state index in [1.165, 1.54) is 30.2 Å². The molecular formula is C20H17ClFNO3. The lowest BCUT2D eigenvalue weighted by Gasteiger charge is -2.51. The molecule has 1 aliphatic rings. The number of methoxy groups -OCH3 is 1. The van der Waals surface area contributed by atoms with Crippen LogP contribution in [0.3, 0.4) is 0 Å². The quantitative estimate of drug-likeness (QED) is 0.464. The van der Waals surface area contributed by atoms with Gasteiger partial charge in [-0.1, -0.05) is 60.2 Å². The number of benzene rings is 2. The van der Waals surface area contributed by atoms with Gasteiger partial charge in [0.15, 0.2) is 5.41 Å². The Labute approximate surface area is 155 Å². The van der Waals surface area contributed by atoms with Gasteiger partial charge >= 0.3 is 5.97 Å². The van der Waals surface area contributed by atoms with E-state index in [9.17, 15) is 14.0 Å². The summed E-state index contributed by atoms with van der Waals surface area (Å²) < 4.78 is 18.9. The average Bonchev–Trinajstić information content (AvgIpc) is 2.67. The molecule has 2 aromatic rings. The summed E-state index contributed by atoms with van der Waals surface area (Å²) in [5.41, 5.74) is -0.240. The third-order valence-corrected chi connectivity index (χ3v) is 4.92. The fourth-order valence-electron chi connectivity index (χ4n) is 3.32. The van der Waals surface area contributed by atoms with Gasteiger partial charge in [0.1, 0.15) is 5.82 Å². The van der Waals surface area contributed by atoms with Crippen molar-refractivity contribution in [3.8, 4) is 0 Å². The van der Waals surface area contributed by atoms with Crippen LogP contribution in [0.15, 0.2) is 54.6 Å². The molecule has 4 nitrogen and oxygen atoms in total. The highest BCUT2D eigenvalue weighted by atomic mass is 35.5. The van der Waals surface area contributed by atoms with Crippen LogP contribution >= 0.6 is 11.6 Å². The summed E-state index contributed by atoms with van der Waals surface area (Å²) >= 11 is 5.75. The van der Waals surface area contributed by atoms with E-state index < -0.39 is 29.2 Å². The maximum Gasteiger partial charge on any atom is 0.327 e. The maximum atomic E-state index is 13.9. The molecule has 0 aliphatic carbocycles. The molecule has 3 rings (SSSR count). The van der Waals surface area contributed by atoms with Crippen LogP contribution in [0.5, 0.6) is 0 Å². The molecule has 1 aliphatic heterocycles. The van der Waals surface area contributed by atoms with E-state index in [2.05, 4.69) is 0 Å². The fraction of sp³-hybridized carbons (Fsp3) is 0.200. The minimum absolute atomic E-state index is 0.0226. The Hall–Kier alpha value is -2.66. The summed E-state index contributed by atoms with van der Waals surface area (Å²) in [4.78, 5) is 26.7. The molecule has 6 heteroatoms. The lowest BCUT2D eigenvalue weighted by molar-refractivity contribution is -0.180. The van der Waals surface area contributed by atoms with Crippen LogP contribution in [-0.2, 0) is 14.3 Å². The number of ether oxygens (including phenoxy) is 1. The summed E-state index contributed by atoms with van der Waals surface area (Å²) in [5.74, 6) is -1.70. The number of carbonyl (C=O) groups excluding carboxylic acids is 2. The number of hydrogen-bond donors (Lipinski definition) is 0. The van der Waals surface area contributed by atoms with Gasteiger partial charge in [0.05, 0.1) is 18.2 Å². The Kier molecular flexibility index (Phi) is 4.83. The van der Waals surface area contributed by atoms with E-state index in [1.807, 2.05) is 30.3 Å². The molecule has 1 amide bonds. The van der Waals surface area contributed by atoms with Gasteiger partial charge in [-0.15, -0.1) is 0 Å². The first kappa shape index (κ1) is 18.1. The van der Waals surface area contributed by atoms with Crippen molar-refractivity contribution in [1.29, 1.82) is 0 Å². The number of halogens is 2. The molecule has 2 aromatic carbocycles. The Morgan fingerprint density at radius 2 is 1.96 bits per heavy atom. The highest BCUT2D eigenvalue weighted by molar-refractivity contribution is 6.30. The van der Waals surface area contributed by atoms with Crippen molar-refractivity contribution >= 4 is 29.6 Å². The van der Waals surface area contributed by atoms with Crippen molar-refractivity contribution in [3.63, 3.8) is 0 Å². The summed E-state index contributed by atoms with van der Waals surface area (Å²) in [6.07, 6.45) is 3.23. The Morgan fingerprint density at radius 3 is 2.58 bits per heavy atom. The fourth-order valence-corrected chi connectivity index (χ4v) is 3.44. The smallest absolute Gasteiger partial charge is 0.327 e. The number of amides is 1. The van der Waals surface area contributed by atoms with Crippen LogP contribution in [-0.4, -0.2) is 30.9 Å². The van der Waals surface area contributed by atoms with Crippen molar-refractivity contribution in [2.75, 3.05) is 14.2 Å². The highest BCUT2D eigenvalue weighted by Crippen LogP contribution is 2.51. The predicted molar refractivity (Wildman–Crippen MR) is 96.8 cm³/mol. The summed E-state index contributed by atoms with van der Waals surface area (Å²) in [7, 11) is 2.79. The lowest BCUT2D eigenvalue weighted by Crippen LogP contribution is -2.64. The van der Waals surface area contributed by atoms with Crippen molar-refractivity contribution in [1.82, 2.24) is 4.90 Å². The molecule has 26 heavy (non-hydrogen) atoms. The van der Waals surface area contributed by atoms with Crippen LogP contribution in [0.4, 0.5) is 4.39 Å². The molecule has 0 aromatic heterocycles. The normalized spacial score (nSPS) is 22.4. The molecule has 1 heterocycles. The molecule has 0 N–H and O–H groups in total. The molecule has 0 spiro atoms. The second-order valence-electron chi connectivity index (χ2n) is 6.10. The van der Waals surface area contributed by atoms with E-state index in [0.29, 0.717) is 5.56 Å². The standard InChI is InChI=1S/C20H17ClFNO3/c1-23-17(14-8-9-15(21)16(22)12-14)20(18(23)24,19(25)26-2)11-10-13-6-4-3-5-7-13/h3-12,17H,1-2H3/b11-10+/t17-,20+/m1/s1. The summed E-state index contributed by atoms with van der Waals surface area (Å²) in [6, 6.07) is 12.8. The van der Waals surface area contributed by atoms with Gasteiger partial charge in [-0.3, -0.25) is 9.59 Å². The van der Waals surface area contributed by atoms with Crippen LogP contribution in [0.2, 0.25) is 5.02 Å². The van der Waals surface area contributed by atoms with Gasteiger partial charge in [0, 0.05) is 7.05 Å². The van der Waals surface area contributed by atoms with E-state index in [1.54, 1.807) is 19.2 Å². The van der Waals surface area contributed by atoms with Crippen LogP contribution < -0.4 is 0 Å². The number of rotatable bonds is 4. The number of nitrogens with zero attached hydrogens (tertiary/aromatic N) is 1. The second kappa shape index (κ2) is 6.92. The average molecular weight is 374 g/mol. The van der Waals surface area contributed by atoms with Crippen LogP contribution in [0.1, 0.15) is 17.2 Å². The largest absolute Gasteiger partial charge is 0.468 e. The summed E-state index contributed by atoms with van der Waals surface area (Å²) in [5, 5.41) is -0.0226. The van der Waals surface area contributed by atoms with Gasteiger partial charge in [-0.25, -0.2) is 4.39 Å². The zero-order valence-corrected chi connectivity index (χ0v) is 15.0. The first-order valence-electron chi connectivity index (χ1n) is 7.96. The molecule has 0 bridgehead atoms. The topological polar surface area (TPSA) is 46.6 Å². The summed E-state index contributed by atoms with van der Waals surface area (Å²) in [6.45, 7) is 0. The molecule has 2 atom stereocenters. The number of hydrogen-bond acceptors (Lipinski definition) is 3. The second-order valence-corrected chi connectivity index (χ2v) is 6.50. The zero-order valence-electron chi connectivity index (χ0n) is 14.3. The third-order valence-electron chi connectivity index (χ3n) is 4.61. The molecule has 134 valence electrons. The minimum Gasteiger partial charge on any atom is -0.468 e. The molecule has 1 saturated heterocycles. The van der Waals surface area contributed by atoms with Crippen molar-refractivity contribution in [2.24, 2.45) is 5.41 Å². The monoisotopic (exact) mass is 373 g/mol. The van der Waals surface area contributed by atoms with Gasteiger partial charge < -0.3 is 9.64 Å². The number of carbonyl (C=O) groups is 2. The van der Waals surface area contributed by atoms with E-state index in [-0.39, 0.29) is 5.02 Å². The maximum absolute atomic E-state index is 13.9. The van der Waals surface area contributed by atoms with Gasteiger partial charge in [0.2, 0.25) is 5.91 Å². The third kappa shape index (κ3) is 2.78. The highest BCUT2D eigenvalue weighted by Gasteiger charge is 2.64. The number of esters is 1. The SMILES string of the molecule is COC(=O)[C@]1(/C=C/c2ccccc2)C(=O)N(C)[C@@H]1c1ccc(Cl)c(F)c1. The van der Waals surface area contributed by atoms with Crippen molar-refractivity contribution < 1.29 is 18.7 Å². The van der Waals surface area contributed by atoms with Gasteiger partial charge in [-0.2, -0.15) is 0 Å². The minimum atomic E-state index is -1.54. The van der Waals surface area contributed by atoms with Crippen molar-refractivity contribution in [3.05, 3.63) is 76.6 Å². The van der Waals surface area contributed by atoms with Crippen LogP contribution in [0, 0.1) is 11.2 Å². The molecule has 1 fully saturated rings. The molecule has 0 radical (unpaired) electrons. The Morgan fingerprint density at radius 1 is 1.27 bits per heavy atom. The predicted octanol–water partition coefficient (Wildman–Crippen LogP) is 3.87. The van der Waals surface area contributed by atoms with Crippen LogP contribution in [0.25, 0.3) is 6.08 Å². The number of likely N-dealkylation sites (tertiary alicyclic amines) is 1. The first-order valence-corrected chi connectivity index (χ1v) is 8.34. The van der Waals surface area contributed by atoms with Gasteiger partial charge in [-0.05, 0) is 23.3 Å².